The molecule has 0 aromatic carbocycles. The lowest BCUT2D eigenvalue weighted by Crippen LogP contribution is -2.41. The van der Waals surface area contributed by atoms with Crippen LogP contribution in [0.5, 0.6) is 0 Å². The highest BCUT2D eigenvalue weighted by molar-refractivity contribution is 5.69. The maximum absolute atomic E-state index is 12.0. The number of fused-ring (bicyclic) bond motifs is 1. The first kappa shape index (κ1) is 14.2. The van der Waals surface area contributed by atoms with Crippen LogP contribution < -0.4 is 5.32 Å². The fourth-order valence-corrected chi connectivity index (χ4v) is 3.89. The molecule has 4 unspecified atom stereocenters. The van der Waals surface area contributed by atoms with E-state index in [1.54, 1.807) is 0 Å². The molecule has 2 aliphatic carbocycles. The van der Waals surface area contributed by atoms with Gasteiger partial charge in [0.2, 0.25) is 0 Å². The van der Waals surface area contributed by atoms with Crippen LogP contribution in [0.25, 0.3) is 0 Å². The van der Waals surface area contributed by atoms with Crippen molar-refractivity contribution in [2.45, 2.75) is 64.6 Å². The summed E-state index contributed by atoms with van der Waals surface area (Å²) in [6.07, 6.45) is 3.92. The Labute approximate surface area is 122 Å². The van der Waals surface area contributed by atoms with Crippen LogP contribution in [0.1, 0.15) is 47.0 Å². The summed E-state index contributed by atoms with van der Waals surface area (Å²) in [7, 11) is 0. The van der Waals surface area contributed by atoms with Gasteiger partial charge in [-0.25, -0.2) is 4.79 Å². The van der Waals surface area contributed by atoms with Gasteiger partial charge in [0.15, 0.2) is 0 Å². The molecule has 3 rings (SSSR count). The Morgan fingerprint density at radius 3 is 2.35 bits per heavy atom. The minimum atomic E-state index is -0.388. The molecule has 0 bridgehead atoms. The van der Waals surface area contributed by atoms with Gasteiger partial charge in [0.1, 0.15) is 5.60 Å². The molecule has 1 aliphatic heterocycles. The van der Waals surface area contributed by atoms with E-state index in [1.165, 1.54) is 19.3 Å². The predicted octanol–water partition coefficient (Wildman–Crippen LogP) is 2.63. The summed E-state index contributed by atoms with van der Waals surface area (Å²) in [4.78, 5) is 13.9. The van der Waals surface area contributed by atoms with Gasteiger partial charge in [-0.15, -0.1) is 0 Å². The molecular weight excluding hydrogens is 252 g/mol. The molecule has 114 valence electrons. The van der Waals surface area contributed by atoms with Gasteiger partial charge in [0.05, 0.1) is 0 Å². The minimum absolute atomic E-state index is 0.141. The lowest BCUT2D eigenvalue weighted by atomic mass is 10.1. The van der Waals surface area contributed by atoms with Crippen LogP contribution >= 0.6 is 0 Å². The highest BCUT2D eigenvalue weighted by Gasteiger charge is 2.57. The van der Waals surface area contributed by atoms with Crippen molar-refractivity contribution in [3.05, 3.63) is 0 Å². The van der Waals surface area contributed by atoms with E-state index in [0.29, 0.717) is 23.9 Å². The lowest BCUT2D eigenvalue weighted by molar-refractivity contribution is 0.0268. The second kappa shape index (κ2) is 4.90. The van der Waals surface area contributed by atoms with Gasteiger partial charge in [-0.1, -0.05) is 13.3 Å². The third-order valence-electron chi connectivity index (χ3n) is 5.11. The number of carbonyl (C=O) groups excluding carboxylic acids is 1. The Morgan fingerprint density at radius 2 is 1.85 bits per heavy atom. The third kappa shape index (κ3) is 2.80. The number of hydrogen-bond donors (Lipinski definition) is 1. The Morgan fingerprint density at radius 1 is 1.20 bits per heavy atom. The number of amides is 1. The van der Waals surface area contributed by atoms with E-state index in [4.69, 9.17) is 4.74 Å². The summed E-state index contributed by atoms with van der Waals surface area (Å²) in [6.45, 7) is 9.88. The first-order chi connectivity index (χ1) is 9.35. The van der Waals surface area contributed by atoms with Crippen molar-refractivity contribution in [1.82, 2.24) is 10.2 Å². The van der Waals surface area contributed by atoms with Crippen molar-refractivity contribution >= 4 is 6.09 Å². The molecule has 0 aromatic heterocycles. The minimum Gasteiger partial charge on any atom is -0.444 e. The molecule has 2 saturated carbocycles. The summed E-state index contributed by atoms with van der Waals surface area (Å²) in [5, 5.41) is 3.83. The second-order valence-electron chi connectivity index (χ2n) is 7.92. The fourth-order valence-electron chi connectivity index (χ4n) is 3.89. The van der Waals surface area contributed by atoms with Crippen LogP contribution in [-0.2, 0) is 4.74 Å². The van der Waals surface area contributed by atoms with E-state index in [1.807, 2.05) is 25.7 Å². The molecule has 0 spiro atoms. The molecule has 3 fully saturated rings. The third-order valence-corrected chi connectivity index (χ3v) is 5.11. The highest BCUT2D eigenvalue weighted by atomic mass is 16.6. The normalized spacial score (nSPS) is 39.8. The predicted molar refractivity (Wildman–Crippen MR) is 78.5 cm³/mol. The van der Waals surface area contributed by atoms with Crippen LogP contribution in [-0.4, -0.2) is 41.8 Å². The van der Waals surface area contributed by atoms with E-state index in [0.717, 1.165) is 19.0 Å². The lowest BCUT2D eigenvalue weighted by Gasteiger charge is -2.26. The van der Waals surface area contributed by atoms with E-state index in [2.05, 4.69) is 12.2 Å². The molecule has 0 radical (unpaired) electrons. The zero-order valence-electron chi connectivity index (χ0n) is 13.2. The van der Waals surface area contributed by atoms with Crippen molar-refractivity contribution in [2.75, 3.05) is 13.1 Å². The highest BCUT2D eigenvalue weighted by Crippen LogP contribution is 2.47. The quantitative estimate of drug-likeness (QED) is 0.845. The van der Waals surface area contributed by atoms with Crippen molar-refractivity contribution < 1.29 is 9.53 Å². The van der Waals surface area contributed by atoms with Gasteiger partial charge in [-0.3, -0.25) is 0 Å². The van der Waals surface area contributed by atoms with E-state index in [9.17, 15) is 4.79 Å². The molecule has 3 aliphatic rings. The molecule has 0 aromatic rings. The summed E-state index contributed by atoms with van der Waals surface area (Å²) in [5.74, 6) is 2.14. The molecule has 1 saturated heterocycles. The first-order valence-electron chi connectivity index (χ1n) is 8.09. The number of rotatable bonds is 2. The fraction of sp³-hybridized carbons (Fsp3) is 0.938. The van der Waals surface area contributed by atoms with Gasteiger partial charge in [0.25, 0.3) is 0 Å². The molecule has 1 N–H and O–H groups in total. The Hall–Kier alpha value is -0.770. The van der Waals surface area contributed by atoms with Crippen LogP contribution in [0.2, 0.25) is 0 Å². The number of hydrogen-bond acceptors (Lipinski definition) is 3. The largest absolute Gasteiger partial charge is 0.444 e. The van der Waals surface area contributed by atoms with Crippen molar-refractivity contribution in [3.8, 4) is 0 Å². The Kier molecular flexibility index (Phi) is 3.47. The zero-order chi connectivity index (χ0) is 14.5. The second-order valence-corrected chi connectivity index (χ2v) is 7.92. The van der Waals surface area contributed by atoms with E-state index in [-0.39, 0.29) is 11.7 Å². The monoisotopic (exact) mass is 280 g/mol. The molecule has 20 heavy (non-hydrogen) atoms. The number of nitrogens with one attached hydrogen (secondary N) is 1. The zero-order valence-corrected chi connectivity index (χ0v) is 13.2. The molecule has 4 atom stereocenters. The van der Waals surface area contributed by atoms with E-state index < -0.39 is 0 Å². The molecule has 1 heterocycles. The average Bonchev–Trinajstić information content (AvgIpc) is 2.72. The summed E-state index contributed by atoms with van der Waals surface area (Å²) < 4.78 is 5.44. The maximum Gasteiger partial charge on any atom is 0.410 e. The Balaban J connectivity index is 1.45. The summed E-state index contributed by atoms with van der Waals surface area (Å²) in [6, 6.07) is 1.36. The van der Waals surface area contributed by atoms with Crippen molar-refractivity contribution in [1.29, 1.82) is 0 Å². The van der Waals surface area contributed by atoms with Gasteiger partial charge in [-0.05, 0) is 51.4 Å². The van der Waals surface area contributed by atoms with Crippen LogP contribution in [0.15, 0.2) is 0 Å². The summed E-state index contributed by atoms with van der Waals surface area (Å²) in [5.41, 5.74) is -0.388. The van der Waals surface area contributed by atoms with Crippen LogP contribution in [0.3, 0.4) is 0 Å². The first-order valence-corrected chi connectivity index (χ1v) is 8.09. The maximum atomic E-state index is 12.0. The number of nitrogens with zero attached hydrogens (tertiary/aromatic N) is 1. The average molecular weight is 280 g/mol. The van der Waals surface area contributed by atoms with E-state index >= 15 is 0 Å². The number of ether oxygens (including phenoxy) is 1. The summed E-state index contributed by atoms with van der Waals surface area (Å²) >= 11 is 0. The van der Waals surface area contributed by atoms with Gasteiger partial charge in [-0.2, -0.15) is 0 Å². The van der Waals surface area contributed by atoms with Crippen molar-refractivity contribution in [2.24, 2.45) is 17.8 Å². The molecular formula is C16H28N2O2. The molecule has 1 amide bonds. The van der Waals surface area contributed by atoms with Crippen molar-refractivity contribution in [3.63, 3.8) is 0 Å². The van der Waals surface area contributed by atoms with Crippen LogP contribution in [0, 0.1) is 17.8 Å². The number of piperidine rings is 1. The molecule has 4 nitrogen and oxygen atoms in total. The van der Waals surface area contributed by atoms with Crippen LogP contribution in [0.4, 0.5) is 4.79 Å². The topological polar surface area (TPSA) is 41.6 Å². The Bertz CT molecular complexity index is 378. The van der Waals surface area contributed by atoms with Gasteiger partial charge in [0, 0.05) is 25.2 Å². The number of carbonyl (C=O) groups is 1. The van der Waals surface area contributed by atoms with Gasteiger partial charge >= 0.3 is 6.09 Å². The SMILES string of the molecule is CC1CCCC1NC1C2CN(C(=O)OC(C)(C)C)CC21. The van der Waals surface area contributed by atoms with Gasteiger partial charge < -0.3 is 15.0 Å². The molecule has 4 heteroatoms. The number of likely N-dealkylation sites (tertiary alicyclic amines) is 1. The smallest absolute Gasteiger partial charge is 0.410 e. The standard InChI is InChI=1S/C16H28N2O2/c1-10-6-5-7-13(10)17-14-11-8-18(9-12(11)14)15(19)20-16(2,3)4/h10-14,17H,5-9H2,1-4H3.